The summed E-state index contributed by atoms with van der Waals surface area (Å²) >= 11 is 1.33. The third-order valence-corrected chi connectivity index (χ3v) is 2.79. The van der Waals surface area contributed by atoms with E-state index in [0.29, 0.717) is 10.1 Å². The van der Waals surface area contributed by atoms with Crippen molar-refractivity contribution in [2.75, 3.05) is 12.4 Å². The zero-order valence-electron chi connectivity index (χ0n) is 8.43. The molecule has 0 unspecified atom stereocenters. The van der Waals surface area contributed by atoms with Gasteiger partial charge in [-0.1, -0.05) is 11.3 Å². The largest absolute Gasteiger partial charge is 0.363 e. The van der Waals surface area contributed by atoms with Crippen LogP contribution < -0.4 is 16.4 Å². The second-order valence-corrected chi connectivity index (χ2v) is 4.05. The highest BCUT2D eigenvalue weighted by Gasteiger charge is 2.04. The minimum absolute atomic E-state index is 0.217. The number of rotatable bonds is 3. The molecule has 0 radical (unpaired) electrons. The van der Waals surface area contributed by atoms with Gasteiger partial charge in [0, 0.05) is 19.2 Å². The molecule has 0 aliphatic heterocycles. The standard InChI is InChI=1S/C8H9N5O2S/c1-9-8-11-10-6(16-8)4-13-7(15)3-2-5(14)12-13/h2-3H,4H2,1H3,(H,9,11)(H,12,14). The summed E-state index contributed by atoms with van der Waals surface area (Å²) in [6, 6.07) is 2.41. The number of aromatic amines is 1. The molecule has 2 aromatic rings. The molecular weight excluding hydrogens is 230 g/mol. The molecule has 2 heterocycles. The first-order chi connectivity index (χ1) is 7.69. The van der Waals surface area contributed by atoms with Gasteiger partial charge in [0.1, 0.15) is 5.01 Å². The number of hydrogen-bond donors (Lipinski definition) is 2. The van der Waals surface area contributed by atoms with Crippen molar-refractivity contribution in [1.82, 2.24) is 20.0 Å². The van der Waals surface area contributed by atoms with Crippen LogP contribution in [0.15, 0.2) is 21.7 Å². The van der Waals surface area contributed by atoms with Crippen LogP contribution >= 0.6 is 11.3 Å². The van der Waals surface area contributed by atoms with Crippen molar-refractivity contribution in [1.29, 1.82) is 0 Å². The maximum atomic E-state index is 11.4. The van der Waals surface area contributed by atoms with Gasteiger partial charge in [0.25, 0.3) is 11.1 Å². The zero-order chi connectivity index (χ0) is 11.5. The van der Waals surface area contributed by atoms with Crippen molar-refractivity contribution >= 4 is 16.5 Å². The van der Waals surface area contributed by atoms with Gasteiger partial charge in [-0.2, -0.15) is 0 Å². The van der Waals surface area contributed by atoms with E-state index >= 15 is 0 Å². The summed E-state index contributed by atoms with van der Waals surface area (Å²) in [5, 5.41) is 14.3. The summed E-state index contributed by atoms with van der Waals surface area (Å²) in [5.74, 6) is 0. The molecule has 0 spiro atoms. The van der Waals surface area contributed by atoms with Gasteiger partial charge in [-0.3, -0.25) is 14.7 Å². The van der Waals surface area contributed by atoms with Crippen LogP contribution in [0.25, 0.3) is 0 Å². The van der Waals surface area contributed by atoms with E-state index in [2.05, 4.69) is 20.6 Å². The first kappa shape index (κ1) is 10.6. The molecule has 0 fully saturated rings. The number of H-pyrrole nitrogens is 1. The summed E-state index contributed by atoms with van der Waals surface area (Å²) in [6.45, 7) is 0.217. The van der Waals surface area contributed by atoms with Crippen LogP contribution in [0.5, 0.6) is 0 Å². The normalized spacial score (nSPS) is 10.3. The first-order valence-electron chi connectivity index (χ1n) is 4.49. The van der Waals surface area contributed by atoms with Crippen molar-refractivity contribution in [3.05, 3.63) is 37.8 Å². The van der Waals surface area contributed by atoms with Gasteiger partial charge in [-0.15, -0.1) is 10.2 Å². The second kappa shape index (κ2) is 4.27. The van der Waals surface area contributed by atoms with E-state index in [4.69, 9.17) is 0 Å². The van der Waals surface area contributed by atoms with E-state index < -0.39 is 0 Å². The van der Waals surface area contributed by atoms with Gasteiger partial charge in [-0.25, -0.2) is 4.68 Å². The molecule has 8 heteroatoms. The third kappa shape index (κ3) is 2.16. The van der Waals surface area contributed by atoms with Crippen molar-refractivity contribution < 1.29 is 0 Å². The molecule has 0 atom stereocenters. The Hall–Kier alpha value is -1.96. The number of anilines is 1. The van der Waals surface area contributed by atoms with Gasteiger partial charge in [0.05, 0.1) is 6.54 Å². The van der Waals surface area contributed by atoms with E-state index in [1.54, 1.807) is 7.05 Å². The summed E-state index contributed by atoms with van der Waals surface area (Å²) in [6.07, 6.45) is 0. The Morgan fingerprint density at radius 3 is 2.94 bits per heavy atom. The summed E-state index contributed by atoms with van der Waals surface area (Å²) in [7, 11) is 1.74. The van der Waals surface area contributed by atoms with Gasteiger partial charge < -0.3 is 5.32 Å². The van der Waals surface area contributed by atoms with Gasteiger partial charge in [0.15, 0.2) is 0 Å². The van der Waals surface area contributed by atoms with E-state index in [0.717, 1.165) is 0 Å². The maximum Gasteiger partial charge on any atom is 0.265 e. The van der Waals surface area contributed by atoms with Gasteiger partial charge in [-0.05, 0) is 0 Å². The Bertz CT molecular complexity index is 599. The average molecular weight is 239 g/mol. The van der Waals surface area contributed by atoms with Gasteiger partial charge in [0.2, 0.25) is 5.13 Å². The fourth-order valence-corrected chi connectivity index (χ4v) is 1.82. The summed E-state index contributed by atoms with van der Waals surface area (Å²) < 4.78 is 1.20. The molecule has 0 saturated heterocycles. The minimum Gasteiger partial charge on any atom is -0.363 e. The molecule has 0 amide bonds. The fraction of sp³-hybridized carbons (Fsp3) is 0.250. The molecule has 0 aliphatic rings. The van der Waals surface area contributed by atoms with Crippen LogP contribution in [-0.2, 0) is 6.54 Å². The number of nitrogens with zero attached hydrogens (tertiary/aromatic N) is 3. The molecule has 0 aromatic carbocycles. The highest BCUT2D eigenvalue weighted by atomic mass is 32.1. The highest BCUT2D eigenvalue weighted by molar-refractivity contribution is 7.15. The lowest BCUT2D eigenvalue weighted by Gasteiger charge is -1.99. The molecule has 2 N–H and O–H groups in total. The Balaban J connectivity index is 2.29. The molecule has 84 valence electrons. The van der Waals surface area contributed by atoms with Crippen LogP contribution in [0.1, 0.15) is 5.01 Å². The number of nitrogens with one attached hydrogen (secondary N) is 2. The van der Waals surface area contributed by atoms with Crippen LogP contribution in [0.2, 0.25) is 0 Å². The third-order valence-electron chi connectivity index (χ3n) is 1.86. The SMILES string of the molecule is CNc1nnc(Cn2[nH]c(=O)ccc2=O)s1. The smallest absolute Gasteiger partial charge is 0.265 e. The molecular formula is C8H9N5O2S. The Kier molecular flexibility index (Phi) is 2.82. The van der Waals surface area contributed by atoms with E-state index in [9.17, 15) is 9.59 Å². The van der Waals surface area contributed by atoms with Crippen molar-refractivity contribution in [2.45, 2.75) is 6.54 Å². The van der Waals surface area contributed by atoms with Crippen LogP contribution in [0.4, 0.5) is 5.13 Å². The van der Waals surface area contributed by atoms with E-state index in [1.165, 1.54) is 28.2 Å². The zero-order valence-corrected chi connectivity index (χ0v) is 9.24. The monoisotopic (exact) mass is 239 g/mol. The quantitative estimate of drug-likeness (QED) is 0.751. The van der Waals surface area contributed by atoms with Gasteiger partial charge >= 0.3 is 0 Å². The predicted octanol–water partition coefficient (Wildman–Crippen LogP) is -0.522. The molecule has 0 saturated carbocycles. The fourth-order valence-electron chi connectivity index (χ4n) is 1.13. The Labute approximate surface area is 93.8 Å². The van der Waals surface area contributed by atoms with E-state index in [1.807, 2.05) is 0 Å². The molecule has 16 heavy (non-hydrogen) atoms. The maximum absolute atomic E-state index is 11.4. The molecule has 7 nitrogen and oxygen atoms in total. The van der Waals surface area contributed by atoms with Crippen LogP contribution in [-0.4, -0.2) is 27.0 Å². The molecule has 2 aromatic heterocycles. The summed E-state index contributed by atoms with van der Waals surface area (Å²) in [4.78, 5) is 22.4. The Morgan fingerprint density at radius 1 is 1.44 bits per heavy atom. The first-order valence-corrected chi connectivity index (χ1v) is 5.31. The van der Waals surface area contributed by atoms with Crippen molar-refractivity contribution in [3.8, 4) is 0 Å². The lowest BCUT2D eigenvalue weighted by atomic mass is 10.5. The van der Waals surface area contributed by atoms with Crippen LogP contribution in [0.3, 0.4) is 0 Å². The predicted molar refractivity (Wildman–Crippen MR) is 59.9 cm³/mol. The minimum atomic E-state index is -0.321. The number of aromatic nitrogens is 4. The molecule has 0 aliphatic carbocycles. The Morgan fingerprint density at radius 2 is 2.25 bits per heavy atom. The lowest BCUT2D eigenvalue weighted by Crippen LogP contribution is -2.28. The average Bonchev–Trinajstić information content (AvgIpc) is 2.71. The van der Waals surface area contributed by atoms with E-state index in [-0.39, 0.29) is 17.7 Å². The highest BCUT2D eigenvalue weighted by Crippen LogP contribution is 2.13. The molecule has 0 bridgehead atoms. The molecule has 2 rings (SSSR count). The second-order valence-electron chi connectivity index (χ2n) is 2.98. The van der Waals surface area contributed by atoms with Crippen LogP contribution in [0, 0.1) is 0 Å². The lowest BCUT2D eigenvalue weighted by molar-refractivity contribution is 0.621. The van der Waals surface area contributed by atoms with Crippen molar-refractivity contribution in [3.63, 3.8) is 0 Å². The van der Waals surface area contributed by atoms with Crippen molar-refractivity contribution in [2.24, 2.45) is 0 Å². The number of hydrogen-bond acceptors (Lipinski definition) is 6. The summed E-state index contributed by atoms with van der Waals surface area (Å²) in [5.41, 5.74) is -0.598. The topological polar surface area (TPSA) is 92.7 Å².